The summed E-state index contributed by atoms with van der Waals surface area (Å²) in [5, 5.41) is 14.5. The molecule has 0 saturated carbocycles. The van der Waals surface area contributed by atoms with Gasteiger partial charge in [-0.25, -0.2) is 4.39 Å². The summed E-state index contributed by atoms with van der Waals surface area (Å²) in [4.78, 5) is 11.8. The standard InChI is InChI=1S/C17H22FN3O2/c1-2-23-11-5-9-21-17(22)15(12-19)13-20-10-8-14-6-3-4-7-16(14)18/h3-4,6-7,13,20H,2,5,8-11H2,1H3,(H,21,22)/b15-13-. The van der Waals surface area contributed by atoms with E-state index in [9.17, 15) is 9.18 Å². The van der Waals surface area contributed by atoms with E-state index < -0.39 is 5.91 Å². The van der Waals surface area contributed by atoms with Gasteiger partial charge >= 0.3 is 0 Å². The zero-order valence-corrected chi connectivity index (χ0v) is 13.3. The van der Waals surface area contributed by atoms with Crippen LogP contribution >= 0.6 is 0 Å². The minimum absolute atomic E-state index is 0.00468. The molecular formula is C17H22FN3O2. The molecule has 0 aromatic heterocycles. The van der Waals surface area contributed by atoms with E-state index >= 15 is 0 Å². The highest BCUT2D eigenvalue weighted by Crippen LogP contribution is 2.06. The van der Waals surface area contributed by atoms with E-state index in [1.165, 1.54) is 12.3 Å². The molecule has 1 amide bonds. The first-order valence-corrected chi connectivity index (χ1v) is 7.62. The van der Waals surface area contributed by atoms with Gasteiger partial charge in [0.25, 0.3) is 5.91 Å². The Labute approximate surface area is 136 Å². The maximum Gasteiger partial charge on any atom is 0.263 e. The van der Waals surface area contributed by atoms with Crippen molar-refractivity contribution in [2.24, 2.45) is 0 Å². The normalized spacial score (nSPS) is 10.9. The molecule has 1 rings (SSSR count). The second kappa shape index (κ2) is 11.2. The van der Waals surface area contributed by atoms with Gasteiger partial charge in [0.1, 0.15) is 17.5 Å². The van der Waals surface area contributed by atoms with Crippen LogP contribution in [0.25, 0.3) is 0 Å². The molecule has 0 atom stereocenters. The summed E-state index contributed by atoms with van der Waals surface area (Å²) in [5.41, 5.74) is 0.585. The molecule has 0 aliphatic carbocycles. The average molecular weight is 319 g/mol. The Hall–Kier alpha value is -2.39. The SMILES string of the molecule is CCOCCCNC(=O)/C(C#N)=C\NCCc1ccccc1F. The van der Waals surface area contributed by atoms with E-state index in [0.29, 0.717) is 44.7 Å². The van der Waals surface area contributed by atoms with Crippen LogP contribution in [0.1, 0.15) is 18.9 Å². The quantitative estimate of drug-likeness (QED) is 0.392. The summed E-state index contributed by atoms with van der Waals surface area (Å²) in [7, 11) is 0. The third-order valence-corrected chi connectivity index (χ3v) is 3.06. The van der Waals surface area contributed by atoms with Crippen molar-refractivity contribution in [2.75, 3.05) is 26.3 Å². The number of hydrogen-bond acceptors (Lipinski definition) is 4. The predicted molar refractivity (Wildman–Crippen MR) is 85.9 cm³/mol. The Morgan fingerprint density at radius 2 is 2.17 bits per heavy atom. The van der Waals surface area contributed by atoms with Gasteiger partial charge in [0.15, 0.2) is 0 Å². The monoisotopic (exact) mass is 319 g/mol. The first kappa shape index (κ1) is 18.7. The van der Waals surface area contributed by atoms with Gasteiger partial charge in [-0.15, -0.1) is 0 Å². The molecule has 0 aliphatic rings. The summed E-state index contributed by atoms with van der Waals surface area (Å²) < 4.78 is 18.6. The second-order valence-electron chi connectivity index (χ2n) is 4.77. The average Bonchev–Trinajstić information content (AvgIpc) is 2.56. The lowest BCUT2D eigenvalue weighted by atomic mass is 10.1. The van der Waals surface area contributed by atoms with Crippen molar-refractivity contribution in [3.8, 4) is 6.07 Å². The highest BCUT2D eigenvalue weighted by Gasteiger charge is 2.07. The van der Waals surface area contributed by atoms with Crippen molar-refractivity contribution in [1.82, 2.24) is 10.6 Å². The maximum atomic E-state index is 13.4. The van der Waals surface area contributed by atoms with Crippen LogP contribution < -0.4 is 10.6 Å². The third kappa shape index (κ3) is 7.43. The van der Waals surface area contributed by atoms with Gasteiger partial charge in [0.2, 0.25) is 0 Å². The molecular weight excluding hydrogens is 297 g/mol. The van der Waals surface area contributed by atoms with Gasteiger partial charge in [-0.05, 0) is 31.4 Å². The molecule has 2 N–H and O–H groups in total. The lowest BCUT2D eigenvalue weighted by molar-refractivity contribution is -0.117. The maximum absolute atomic E-state index is 13.4. The molecule has 1 aromatic carbocycles. The van der Waals surface area contributed by atoms with Crippen molar-refractivity contribution in [1.29, 1.82) is 5.26 Å². The Morgan fingerprint density at radius 3 is 2.87 bits per heavy atom. The number of benzene rings is 1. The van der Waals surface area contributed by atoms with E-state index in [1.807, 2.05) is 13.0 Å². The molecule has 0 unspecified atom stereocenters. The summed E-state index contributed by atoms with van der Waals surface area (Å²) >= 11 is 0. The zero-order valence-electron chi connectivity index (χ0n) is 13.3. The van der Waals surface area contributed by atoms with Crippen LogP contribution in [0.2, 0.25) is 0 Å². The van der Waals surface area contributed by atoms with Gasteiger partial charge in [-0.3, -0.25) is 4.79 Å². The fraction of sp³-hybridized carbons (Fsp3) is 0.412. The Balaban J connectivity index is 2.33. The van der Waals surface area contributed by atoms with Gasteiger partial charge in [0, 0.05) is 32.5 Å². The fourth-order valence-corrected chi connectivity index (χ4v) is 1.85. The van der Waals surface area contributed by atoms with Crippen LogP contribution in [0.5, 0.6) is 0 Å². The molecule has 0 radical (unpaired) electrons. The number of hydrogen-bond donors (Lipinski definition) is 2. The molecule has 0 saturated heterocycles. The number of nitriles is 1. The minimum atomic E-state index is -0.428. The molecule has 124 valence electrons. The summed E-state index contributed by atoms with van der Waals surface area (Å²) in [6, 6.07) is 8.36. The molecule has 0 bridgehead atoms. The van der Waals surface area contributed by atoms with E-state index in [4.69, 9.17) is 10.00 Å². The lowest BCUT2D eigenvalue weighted by Gasteiger charge is -2.06. The van der Waals surface area contributed by atoms with Crippen molar-refractivity contribution in [3.63, 3.8) is 0 Å². The lowest BCUT2D eigenvalue weighted by Crippen LogP contribution is -2.27. The van der Waals surface area contributed by atoms with Crippen LogP contribution in [-0.2, 0) is 16.0 Å². The van der Waals surface area contributed by atoms with Crippen LogP contribution in [-0.4, -0.2) is 32.2 Å². The van der Waals surface area contributed by atoms with Crippen LogP contribution in [0.4, 0.5) is 4.39 Å². The second-order valence-corrected chi connectivity index (χ2v) is 4.77. The highest BCUT2D eigenvalue weighted by molar-refractivity contribution is 5.97. The first-order valence-electron chi connectivity index (χ1n) is 7.62. The van der Waals surface area contributed by atoms with Crippen LogP contribution in [0, 0.1) is 17.1 Å². The number of nitrogens with zero attached hydrogens (tertiary/aromatic N) is 1. The van der Waals surface area contributed by atoms with E-state index in [2.05, 4.69) is 10.6 Å². The number of rotatable bonds is 10. The van der Waals surface area contributed by atoms with Gasteiger partial charge in [-0.1, -0.05) is 18.2 Å². The minimum Gasteiger partial charge on any atom is -0.389 e. The Morgan fingerprint density at radius 1 is 1.39 bits per heavy atom. The summed E-state index contributed by atoms with van der Waals surface area (Å²) in [6.07, 6.45) is 2.52. The van der Waals surface area contributed by atoms with Crippen LogP contribution in [0.3, 0.4) is 0 Å². The van der Waals surface area contributed by atoms with Gasteiger partial charge in [0.05, 0.1) is 0 Å². The number of carbonyl (C=O) groups excluding carboxylic acids is 1. The predicted octanol–water partition coefficient (Wildman–Crippen LogP) is 1.91. The molecule has 0 fully saturated rings. The highest BCUT2D eigenvalue weighted by atomic mass is 19.1. The smallest absolute Gasteiger partial charge is 0.263 e. The molecule has 6 heteroatoms. The van der Waals surface area contributed by atoms with Gasteiger partial charge in [-0.2, -0.15) is 5.26 Å². The van der Waals surface area contributed by atoms with Crippen molar-refractivity contribution in [3.05, 3.63) is 47.4 Å². The Bertz CT molecular complexity index is 567. The molecule has 1 aromatic rings. The fourth-order valence-electron chi connectivity index (χ4n) is 1.85. The third-order valence-electron chi connectivity index (χ3n) is 3.06. The molecule has 0 heterocycles. The summed E-state index contributed by atoms with van der Waals surface area (Å²) in [6.45, 7) is 4.01. The molecule has 0 spiro atoms. The van der Waals surface area contributed by atoms with Crippen molar-refractivity contribution in [2.45, 2.75) is 19.8 Å². The molecule has 23 heavy (non-hydrogen) atoms. The number of carbonyl (C=O) groups is 1. The zero-order chi connectivity index (χ0) is 16.9. The van der Waals surface area contributed by atoms with Gasteiger partial charge < -0.3 is 15.4 Å². The largest absolute Gasteiger partial charge is 0.389 e. The van der Waals surface area contributed by atoms with Crippen LogP contribution in [0.15, 0.2) is 36.0 Å². The number of amides is 1. The van der Waals surface area contributed by atoms with Crippen molar-refractivity contribution < 1.29 is 13.9 Å². The summed E-state index contributed by atoms with van der Waals surface area (Å²) in [5.74, 6) is -0.687. The van der Waals surface area contributed by atoms with Crippen molar-refractivity contribution >= 4 is 5.91 Å². The number of halogens is 1. The molecule has 0 aliphatic heterocycles. The number of ether oxygens (including phenoxy) is 1. The van der Waals surface area contributed by atoms with E-state index in [0.717, 1.165) is 0 Å². The topological polar surface area (TPSA) is 74.1 Å². The first-order chi connectivity index (χ1) is 11.2. The van der Waals surface area contributed by atoms with E-state index in [1.54, 1.807) is 18.2 Å². The number of nitrogens with one attached hydrogen (secondary N) is 2. The molecule has 5 nitrogen and oxygen atoms in total. The Kier molecular flexibility index (Phi) is 9.10. The van der Waals surface area contributed by atoms with E-state index in [-0.39, 0.29) is 11.4 Å².